The van der Waals surface area contributed by atoms with Crippen LogP contribution in [0.2, 0.25) is 5.02 Å². The highest BCUT2D eigenvalue weighted by atomic mass is 35.5. The first kappa shape index (κ1) is 15.5. The van der Waals surface area contributed by atoms with Crippen LogP contribution >= 0.6 is 11.6 Å². The van der Waals surface area contributed by atoms with Crippen molar-refractivity contribution < 1.29 is 19.1 Å². The minimum absolute atomic E-state index is 0.0770. The summed E-state index contributed by atoms with van der Waals surface area (Å²) in [5.41, 5.74) is 5.18. The van der Waals surface area contributed by atoms with Crippen LogP contribution in [0.4, 0.5) is 9.59 Å². The molecule has 0 atom stereocenters. The predicted molar refractivity (Wildman–Crippen MR) is 79.7 cm³/mol. The number of primary amides is 1. The fourth-order valence-electron chi connectivity index (χ4n) is 1.63. The van der Waals surface area contributed by atoms with Gasteiger partial charge in [-0.1, -0.05) is 29.8 Å². The van der Waals surface area contributed by atoms with Gasteiger partial charge in [0.1, 0.15) is 5.75 Å². The van der Waals surface area contributed by atoms with E-state index in [4.69, 9.17) is 22.1 Å². The molecule has 4 amide bonds. The molecule has 0 unspecified atom stereocenters. The van der Waals surface area contributed by atoms with E-state index in [0.717, 1.165) is 0 Å². The number of halogens is 1. The average molecular weight is 319 g/mol. The Hall–Kier alpha value is -2.86. The molecule has 2 rings (SSSR count). The van der Waals surface area contributed by atoms with E-state index >= 15 is 0 Å². The molecule has 0 heterocycles. The van der Waals surface area contributed by atoms with Crippen LogP contribution in [-0.2, 0) is 0 Å². The number of carbonyl (C=O) groups is 3. The van der Waals surface area contributed by atoms with Crippen molar-refractivity contribution in [2.75, 3.05) is 0 Å². The summed E-state index contributed by atoms with van der Waals surface area (Å²) in [4.78, 5) is 35.8. The number of carbonyl (C=O) groups excluding carboxylic acids is 3. The van der Waals surface area contributed by atoms with E-state index < -0.39 is 18.0 Å². The van der Waals surface area contributed by atoms with E-state index in [2.05, 4.69) is 0 Å². The quantitative estimate of drug-likeness (QED) is 0.921. The van der Waals surface area contributed by atoms with Crippen molar-refractivity contribution in [1.82, 2.24) is 4.90 Å². The molecule has 0 aliphatic heterocycles. The minimum Gasteiger partial charge on any atom is -0.410 e. The molecule has 22 heavy (non-hydrogen) atoms. The van der Waals surface area contributed by atoms with Crippen molar-refractivity contribution in [1.29, 1.82) is 0 Å². The highest BCUT2D eigenvalue weighted by Crippen LogP contribution is 2.14. The molecule has 0 radical (unpaired) electrons. The molecule has 0 spiro atoms. The highest BCUT2D eigenvalue weighted by molar-refractivity contribution is 6.30. The van der Waals surface area contributed by atoms with Gasteiger partial charge in [0.15, 0.2) is 0 Å². The van der Waals surface area contributed by atoms with Gasteiger partial charge < -0.3 is 10.5 Å². The number of amides is 4. The Morgan fingerprint density at radius 3 is 2.09 bits per heavy atom. The van der Waals surface area contributed by atoms with Crippen LogP contribution < -0.4 is 10.5 Å². The molecule has 7 heteroatoms. The van der Waals surface area contributed by atoms with Crippen LogP contribution in [0.5, 0.6) is 5.75 Å². The number of para-hydroxylation sites is 1. The number of ether oxygens (including phenoxy) is 1. The molecule has 0 saturated heterocycles. The second-order valence-corrected chi connectivity index (χ2v) is 4.60. The Kier molecular flexibility index (Phi) is 4.75. The van der Waals surface area contributed by atoms with Crippen LogP contribution in [0.15, 0.2) is 54.6 Å². The molecule has 2 aromatic rings. The third kappa shape index (κ3) is 3.62. The summed E-state index contributed by atoms with van der Waals surface area (Å²) in [5, 5.41) is 0.411. The van der Waals surface area contributed by atoms with Gasteiger partial charge in [-0.15, -0.1) is 0 Å². The number of imide groups is 3. The molecule has 0 bridgehead atoms. The van der Waals surface area contributed by atoms with Crippen molar-refractivity contribution in [3.63, 3.8) is 0 Å². The maximum absolute atomic E-state index is 12.2. The fraction of sp³-hybridized carbons (Fsp3) is 0. The van der Waals surface area contributed by atoms with Crippen LogP contribution in [0.25, 0.3) is 0 Å². The molecule has 6 nitrogen and oxygen atoms in total. The molecule has 0 aliphatic carbocycles. The summed E-state index contributed by atoms with van der Waals surface area (Å²) in [6.07, 6.45) is -1.18. The summed E-state index contributed by atoms with van der Waals surface area (Å²) in [7, 11) is 0. The fourth-order valence-corrected chi connectivity index (χ4v) is 1.76. The summed E-state index contributed by atoms with van der Waals surface area (Å²) in [6, 6.07) is 12.4. The molecule has 112 valence electrons. The maximum Gasteiger partial charge on any atom is 0.430 e. The first-order valence-electron chi connectivity index (χ1n) is 6.15. The van der Waals surface area contributed by atoms with Gasteiger partial charge in [-0.05, 0) is 36.4 Å². The lowest BCUT2D eigenvalue weighted by molar-refractivity contribution is 0.0804. The second kappa shape index (κ2) is 6.73. The lowest BCUT2D eigenvalue weighted by Gasteiger charge is -2.16. The number of hydrogen-bond acceptors (Lipinski definition) is 4. The zero-order valence-electron chi connectivity index (χ0n) is 11.2. The molecule has 0 fully saturated rings. The Balaban J connectivity index is 2.22. The van der Waals surface area contributed by atoms with E-state index in [1.807, 2.05) is 0 Å². The largest absolute Gasteiger partial charge is 0.430 e. The third-order valence-corrected chi connectivity index (χ3v) is 2.90. The Labute approximate surface area is 131 Å². The number of nitrogens with zero attached hydrogens (tertiary/aromatic N) is 1. The SMILES string of the molecule is NC(=O)N(C(=O)Oc1ccccc1)C(=O)c1ccc(Cl)cc1. The van der Waals surface area contributed by atoms with Crippen molar-refractivity contribution in [2.45, 2.75) is 0 Å². The zero-order valence-corrected chi connectivity index (χ0v) is 12.0. The second-order valence-electron chi connectivity index (χ2n) is 4.17. The first-order chi connectivity index (χ1) is 10.5. The smallest absolute Gasteiger partial charge is 0.410 e. The van der Waals surface area contributed by atoms with Crippen molar-refractivity contribution in [2.24, 2.45) is 5.73 Å². The summed E-state index contributed by atoms with van der Waals surface area (Å²) in [6.45, 7) is 0. The molecular weight excluding hydrogens is 308 g/mol. The number of urea groups is 1. The molecule has 2 aromatic carbocycles. The van der Waals surface area contributed by atoms with Crippen molar-refractivity contribution in [3.05, 3.63) is 65.2 Å². The number of rotatable bonds is 2. The normalized spacial score (nSPS) is 9.86. The summed E-state index contributed by atoms with van der Waals surface area (Å²) < 4.78 is 4.94. The van der Waals surface area contributed by atoms with Crippen LogP contribution in [0.3, 0.4) is 0 Å². The van der Waals surface area contributed by atoms with Crippen LogP contribution in [0, 0.1) is 0 Å². The van der Waals surface area contributed by atoms with E-state index in [-0.39, 0.29) is 16.2 Å². The summed E-state index contributed by atoms with van der Waals surface area (Å²) in [5.74, 6) is -0.715. The highest BCUT2D eigenvalue weighted by Gasteiger charge is 2.29. The third-order valence-electron chi connectivity index (χ3n) is 2.65. The van der Waals surface area contributed by atoms with E-state index in [1.165, 1.54) is 36.4 Å². The lowest BCUT2D eigenvalue weighted by Crippen LogP contribution is -2.46. The van der Waals surface area contributed by atoms with E-state index in [0.29, 0.717) is 5.02 Å². The maximum atomic E-state index is 12.2. The van der Waals surface area contributed by atoms with Gasteiger partial charge in [0.05, 0.1) is 0 Å². The van der Waals surface area contributed by atoms with Gasteiger partial charge in [0.25, 0.3) is 5.91 Å². The van der Waals surface area contributed by atoms with E-state index in [1.54, 1.807) is 18.2 Å². The molecular formula is C15H11ClN2O4. The summed E-state index contributed by atoms with van der Waals surface area (Å²) >= 11 is 5.72. The molecule has 2 N–H and O–H groups in total. The van der Waals surface area contributed by atoms with Gasteiger partial charge in [0.2, 0.25) is 0 Å². The number of benzene rings is 2. The van der Waals surface area contributed by atoms with Gasteiger partial charge in [-0.2, -0.15) is 4.90 Å². The van der Waals surface area contributed by atoms with Crippen LogP contribution in [0.1, 0.15) is 10.4 Å². The standard InChI is InChI=1S/C15H11ClN2O4/c16-11-8-6-10(7-9-11)13(19)18(14(17)20)15(21)22-12-4-2-1-3-5-12/h1-9H,(H2,17,20). The number of hydrogen-bond donors (Lipinski definition) is 1. The predicted octanol–water partition coefficient (Wildman–Crippen LogP) is 3.06. The van der Waals surface area contributed by atoms with E-state index in [9.17, 15) is 14.4 Å². The van der Waals surface area contributed by atoms with Gasteiger partial charge >= 0.3 is 12.1 Å². The average Bonchev–Trinajstić information content (AvgIpc) is 2.48. The number of nitrogens with two attached hydrogens (primary N) is 1. The lowest BCUT2D eigenvalue weighted by atomic mass is 10.2. The molecule has 0 saturated carbocycles. The topological polar surface area (TPSA) is 89.7 Å². The van der Waals surface area contributed by atoms with Crippen LogP contribution in [-0.4, -0.2) is 22.9 Å². The van der Waals surface area contributed by atoms with Gasteiger partial charge in [-0.25, -0.2) is 9.59 Å². The first-order valence-corrected chi connectivity index (χ1v) is 6.53. The minimum atomic E-state index is -1.24. The van der Waals surface area contributed by atoms with Gasteiger partial charge in [-0.3, -0.25) is 4.79 Å². The zero-order chi connectivity index (χ0) is 16.1. The Morgan fingerprint density at radius 1 is 0.955 bits per heavy atom. The van der Waals surface area contributed by atoms with Gasteiger partial charge in [0, 0.05) is 10.6 Å². The Bertz CT molecular complexity index is 701. The van der Waals surface area contributed by atoms with Crippen molar-refractivity contribution >= 4 is 29.6 Å². The monoisotopic (exact) mass is 318 g/mol. The Morgan fingerprint density at radius 2 is 1.55 bits per heavy atom. The molecule has 0 aromatic heterocycles. The molecule has 0 aliphatic rings. The van der Waals surface area contributed by atoms with Crippen molar-refractivity contribution in [3.8, 4) is 5.75 Å².